The predicted molar refractivity (Wildman–Crippen MR) is 134 cm³/mol. The van der Waals surface area contributed by atoms with Crippen LogP contribution in [0.4, 0.5) is 14.5 Å². The van der Waals surface area contributed by atoms with Gasteiger partial charge in [-0.2, -0.15) is 0 Å². The molecule has 0 atom stereocenters. The minimum atomic E-state index is -1.17. The highest BCUT2D eigenvalue weighted by Crippen LogP contribution is 2.35. The third kappa shape index (κ3) is 5.78. The average Bonchev–Trinajstić information content (AvgIpc) is 3.39. The Labute approximate surface area is 211 Å². The molecular formula is C23H15F2N3O4S3. The van der Waals surface area contributed by atoms with Crippen molar-refractivity contribution in [1.29, 1.82) is 0 Å². The number of thioether (sulfide) groups is 1. The topological polar surface area (TPSA) is 99.6 Å². The number of anilines is 1. The number of nitrogens with zero attached hydrogens (tertiary/aromatic N) is 2. The molecule has 2 aromatic heterocycles. The smallest absolute Gasteiger partial charge is 0.337 e. The summed E-state index contributed by atoms with van der Waals surface area (Å²) >= 11 is 7.74. The number of aromatic nitrogens is 1. The fourth-order valence-electron chi connectivity index (χ4n) is 3.14. The molecule has 0 bridgehead atoms. The molecule has 1 aliphatic rings. The van der Waals surface area contributed by atoms with Gasteiger partial charge in [0.25, 0.3) is 5.91 Å². The van der Waals surface area contributed by atoms with E-state index in [1.807, 2.05) is 0 Å². The van der Waals surface area contributed by atoms with E-state index in [0.29, 0.717) is 20.4 Å². The van der Waals surface area contributed by atoms with Gasteiger partial charge in [-0.3, -0.25) is 19.5 Å². The van der Waals surface area contributed by atoms with Crippen molar-refractivity contribution in [2.24, 2.45) is 0 Å². The van der Waals surface area contributed by atoms with Crippen LogP contribution >= 0.6 is 35.3 Å². The summed E-state index contributed by atoms with van der Waals surface area (Å²) in [5.74, 6) is -3.80. The zero-order chi connectivity index (χ0) is 25.1. The number of carboxylic acids is 1. The standard InChI is InChI=1S/C23H15F2N3O4S3/c24-17-2-1-12(7-18(17)25)14-6-16(34-11-14)8-19-21(30)28(23(33)35-19)4-3-20(29)27-15-5-13(22(31)32)9-26-10-15/h1-2,5-11H,3-4H2,(H,27,29)(H,31,32). The zero-order valence-corrected chi connectivity index (χ0v) is 20.1. The Morgan fingerprint density at radius 2 is 1.94 bits per heavy atom. The highest BCUT2D eigenvalue weighted by Gasteiger charge is 2.32. The number of carbonyl (C=O) groups excluding carboxylic acids is 2. The van der Waals surface area contributed by atoms with Gasteiger partial charge in [0.15, 0.2) is 11.6 Å². The zero-order valence-electron chi connectivity index (χ0n) is 17.7. The lowest BCUT2D eigenvalue weighted by Gasteiger charge is -2.14. The molecule has 1 saturated heterocycles. The second-order valence-corrected chi connectivity index (χ2v) is 9.88. The number of aromatic carboxylic acids is 1. The summed E-state index contributed by atoms with van der Waals surface area (Å²) in [6, 6.07) is 6.69. The molecule has 0 saturated carbocycles. The Morgan fingerprint density at radius 3 is 2.69 bits per heavy atom. The molecule has 0 radical (unpaired) electrons. The SMILES string of the molecule is O=C(CCN1C(=O)C(=Cc2cc(-c3ccc(F)c(F)c3)cs2)SC1=S)Nc1cncc(C(=O)O)c1. The van der Waals surface area contributed by atoms with Gasteiger partial charge in [0.1, 0.15) is 4.32 Å². The number of amides is 2. The number of thiophene rings is 1. The van der Waals surface area contributed by atoms with Crippen molar-refractivity contribution in [2.75, 3.05) is 11.9 Å². The van der Waals surface area contributed by atoms with Crippen LogP contribution < -0.4 is 5.32 Å². The van der Waals surface area contributed by atoms with Crippen LogP contribution in [0.3, 0.4) is 0 Å². The van der Waals surface area contributed by atoms with Gasteiger partial charge < -0.3 is 10.4 Å². The first-order chi connectivity index (χ1) is 16.7. The molecule has 7 nitrogen and oxygen atoms in total. The van der Waals surface area contributed by atoms with Gasteiger partial charge in [-0.25, -0.2) is 13.6 Å². The van der Waals surface area contributed by atoms with Gasteiger partial charge in [0, 0.05) is 24.0 Å². The monoisotopic (exact) mass is 531 g/mol. The normalized spacial score (nSPS) is 14.6. The number of carbonyl (C=O) groups is 3. The molecule has 3 aromatic rings. The van der Waals surface area contributed by atoms with E-state index >= 15 is 0 Å². The molecule has 2 N–H and O–H groups in total. The fourth-order valence-corrected chi connectivity index (χ4v) is 5.36. The Bertz CT molecular complexity index is 1390. The van der Waals surface area contributed by atoms with E-state index in [4.69, 9.17) is 17.3 Å². The molecule has 0 aliphatic carbocycles. The molecule has 0 unspecified atom stereocenters. The number of hydrogen-bond acceptors (Lipinski definition) is 7. The Balaban J connectivity index is 1.39. The van der Waals surface area contributed by atoms with E-state index in [9.17, 15) is 23.2 Å². The van der Waals surface area contributed by atoms with Crippen molar-refractivity contribution >= 4 is 69.2 Å². The van der Waals surface area contributed by atoms with E-state index in [0.717, 1.165) is 28.8 Å². The maximum Gasteiger partial charge on any atom is 0.337 e. The molecule has 1 aromatic carbocycles. The third-order valence-electron chi connectivity index (χ3n) is 4.85. The maximum atomic E-state index is 13.5. The van der Waals surface area contributed by atoms with Gasteiger partial charge in [-0.1, -0.05) is 30.0 Å². The fraction of sp³-hybridized carbons (Fsp3) is 0.0870. The van der Waals surface area contributed by atoms with E-state index in [1.54, 1.807) is 17.5 Å². The van der Waals surface area contributed by atoms with Crippen molar-refractivity contribution in [3.05, 3.63) is 75.1 Å². The Morgan fingerprint density at radius 1 is 1.14 bits per heavy atom. The molecule has 35 heavy (non-hydrogen) atoms. The molecule has 1 fully saturated rings. The van der Waals surface area contributed by atoms with Crippen LogP contribution in [0.15, 0.2) is 53.0 Å². The van der Waals surface area contributed by atoms with Crippen LogP contribution in [0.2, 0.25) is 0 Å². The summed E-state index contributed by atoms with van der Waals surface area (Å²) in [5, 5.41) is 13.3. The molecule has 178 valence electrons. The largest absolute Gasteiger partial charge is 0.478 e. The van der Waals surface area contributed by atoms with Crippen LogP contribution in [0.1, 0.15) is 21.7 Å². The van der Waals surface area contributed by atoms with E-state index in [1.165, 1.54) is 40.8 Å². The van der Waals surface area contributed by atoms with Gasteiger partial charge in [-0.15, -0.1) is 11.3 Å². The summed E-state index contributed by atoms with van der Waals surface area (Å²) in [7, 11) is 0. The van der Waals surface area contributed by atoms with Crippen LogP contribution in [-0.4, -0.2) is 43.6 Å². The van der Waals surface area contributed by atoms with Crippen LogP contribution in [0.5, 0.6) is 0 Å². The van der Waals surface area contributed by atoms with Crippen molar-refractivity contribution in [2.45, 2.75) is 6.42 Å². The molecule has 1 aliphatic heterocycles. The number of hydrogen-bond donors (Lipinski definition) is 2. The minimum absolute atomic E-state index is 0.0461. The molecule has 4 rings (SSSR count). The van der Waals surface area contributed by atoms with Crippen molar-refractivity contribution in [3.8, 4) is 11.1 Å². The summed E-state index contributed by atoms with van der Waals surface area (Å²) in [5.41, 5.74) is 1.37. The number of halogens is 2. The van der Waals surface area contributed by atoms with E-state index in [2.05, 4.69) is 10.3 Å². The lowest BCUT2D eigenvalue weighted by atomic mass is 10.1. The lowest BCUT2D eigenvalue weighted by molar-refractivity contribution is -0.122. The van der Waals surface area contributed by atoms with Gasteiger partial charge in [0.2, 0.25) is 5.91 Å². The maximum absolute atomic E-state index is 13.5. The summed E-state index contributed by atoms with van der Waals surface area (Å²) in [6.45, 7) is 0.0461. The average molecular weight is 532 g/mol. The first-order valence-electron chi connectivity index (χ1n) is 9.99. The van der Waals surface area contributed by atoms with Crippen LogP contribution in [0.25, 0.3) is 17.2 Å². The Hall–Kier alpha value is -3.48. The highest BCUT2D eigenvalue weighted by molar-refractivity contribution is 8.26. The van der Waals surface area contributed by atoms with E-state index < -0.39 is 23.5 Å². The number of pyridine rings is 1. The Kier molecular flexibility index (Phi) is 7.34. The van der Waals surface area contributed by atoms with Gasteiger partial charge in [-0.05, 0) is 46.8 Å². The quantitative estimate of drug-likeness (QED) is 0.326. The number of rotatable bonds is 7. The van der Waals surface area contributed by atoms with Gasteiger partial charge in [0.05, 0.1) is 22.4 Å². The predicted octanol–water partition coefficient (Wildman–Crippen LogP) is 5.02. The lowest BCUT2D eigenvalue weighted by Crippen LogP contribution is -2.31. The van der Waals surface area contributed by atoms with Crippen molar-refractivity contribution in [3.63, 3.8) is 0 Å². The van der Waals surface area contributed by atoms with E-state index in [-0.39, 0.29) is 30.1 Å². The highest BCUT2D eigenvalue weighted by atomic mass is 32.2. The van der Waals surface area contributed by atoms with Crippen LogP contribution in [-0.2, 0) is 9.59 Å². The summed E-state index contributed by atoms with van der Waals surface area (Å²) in [4.78, 5) is 42.3. The number of thiocarbonyl (C=S) groups is 1. The molecular weight excluding hydrogens is 516 g/mol. The third-order valence-corrected chi connectivity index (χ3v) is 7.11. The second kappa shape index (κ2) is 10.4. The summed E-state index contributed by atoms with van der Waals surface area (Å²) in [6.07, 6.45) is 4.09. The van der Waals surface area contributed by atoms with Gasteiger partial charge >= 0.3 is 5.97 Å². The summed E-state index contributed by atoms with van der Waals surface area (Å²) < 4.78 is 27.0. The first-order valence-corrected chi connectivity index (χ1v) is 12.1. The first kappa shape index (κ1) is 24.6. The van der Waals surface area contributed by atoms with Crippen molar-refractivity contribution < 1.29 is 28.3 Å². The second-order valence-electron chi connectivity index (χ2n) is 7.27. The number of benzene rings is 1. The number of nitrogens with one attached hydrogen (secondary N) is 1. The molecule has 3 heterocycles. The molecule has 12 heteroatoms. The van der Waals surface area contributed by atoms with Crippen molar-refractivity contribution in [1.82, 2.24) is 9.88 Å². The molecule has 2 amide bonds. The number of carboxylic acid groups (broad SMARTS) is 1. The minimum Gasteiger partial charge on any atom is -0.478 e. The molecule has 0 spiro atoms. The van der Waals surface area contributed by atoms with Crippen LogP contribution in [0, 0.1) is 11.6 Å².